The van der Waals surface area contributed by atoms with Gasteiger partial charge in [-0.25, -0.2) is 0 Å². The van der Waals surface area contributed by atoms with Crippen LogP contribution >= 0.6 is 24.2 Å². The summed E-state index contributed by atoms with van der Waals surface area (Å²) in [6.07, 6.45) is 0.845. The molecular formula is C16H26ClN3O4S. The number of nitrogens with one attached hydrogen (secondary N) is 1. The number of ether oxygens (including phenoxy) is 1. The molecule has 0 heterocycles. The summed E-state index contributed by atoms with van der Waals surface area (Å²) < 4.78 is 4.97. The van der Waals surface area contributed by atoms with Crippen molar-refractivity contribution in [3.05, 3.63) is 33.9 Å². The maximum atomic E-state index is 11.9. The standard InChI is InChI=1S/C16H25N3O4S.ClH/c1-11(2)6-13(8-17)18-16(20)10-24-9-12-4-5-15(23-3)14(7-12)19(21)22;/h4-5,7,11,13H,6,8-10,17H2,1-3H3,(H,18,20);1H. The molecule has 25 heavy (non-hydrogen) atoms. The number of halogens is 1. The average molecular weight is 392 g/mol. The van der Waals surface area contributed by atoms with Gasteiger partial charge in [-0.05, 0) is 24.0 Å². The fraction of sp³-hybridized carbons (Fsp3) is 0.562. The molecule has 0 bridgehead atoms. The van der Waals surface area contributed by atoms with Crippen molar-refractivity contribution < 1.29 is 14.5 Å². The minimum Gasteiger partial charge on any atom is -0.490 e. The first-order chi connectivity index (χ1) is 11.4. The van der Waals surface area contributed by atoms with E-state index >= 15 is 0 Å². The Morgan fingerprint density at radius 1 is 1.44 bits per heavy atom. The van der Waals surface area contributed by atoms with Crippen LogP contribution in [0.1, 0.15) is 25.8 Å². The first-order valence-electron chi connectivity index (χ1n) is 7.75. The van der Waals surface area contributed by atoms with Gasteiger partial charge in [0.15, 0.2) is 5.75 Å². The summed E-state index contributed by atoms with van der Waals surface area (Å²) in [6.45, 7) is 4.58. The van der Waals surface area contributed by atoms with Crippen molar-refractivity contribution in [2.24, 2.45) is 11.7 Å². The first kappa shape index (κ1) is 23.5. The van der Waals surface area contributed by atoms with E-state index in [1.54, 1.807) is 12.1 Å². The van der Waals surface area contributed by atoms with Crippen molar-refractivity contribution in [3.8, 4) is 5.75 Å². The van der Waals surface area contributed by atoms with Crippen LogP contribution in [0.4, 0.5) is 5.69 Å². The Kier molecular flexibility index (Phi) is 11.2. The molecule has 1 atom stereocenters. The molecule has 0 saturated heterocycles. The van der Waals surface area contributed by atoms with Crippen LogP contribution in [0, 0.1) is 16.0 Å². The monoisotopic (exact) mass is 391 g/mol. The third-order valence-corrected chi connectivity index (χ3v) is 4.35. The Hall–Kier alpha value is -1.51. The summed E-state index contributed by atoms with van der Waals surface area (Å²) in [5.74, 6) is 1.42. The van der Waals surface area contributed by atoms with Gasteiger partial charge in [-0.2, -0.15) is 0 Å². The molecule has 0 aliphatic carbocycles. The van der Waals surface area contributed by atoms with Crippen LogP contribution < -0.4 is 15.8 Å². The number of nitrogens with two attached hydrogens (primary N) is 1. The zero-order valence-electron chi connectivity index (χ0n) is 14.7. The van der Waals surface area contributed by atoms with Crippen molar-refractivity contribution in [2.45, 2.75) is 32.1 Å². The van der Waals surface area contributed by atoms with Crippen LogP contribution in [-0.4, -0.2) is 36.3 Å². The summed E-state index contributed by atoms with van der Waals surface area (Å²) >= 11 is 1.40. The van der Waals surface area contributed by atoms with E-state index in [9.17, 15) is 14.9 Å². The van der Waals surface area contributed by atoms with Gasteiger partial charge in [0.05, 0.1) is 17.8 Å². The smallest absolute Gasteiger partial charge is 0.311 e. The summed E-state index contributed by atoms with van der Waals surface area (Å²) in [5.41, 5.74) is 6.37. The number of carbonyl (C=O) groups excluding carboxylic acids is 1. The predicted octanol–water partition coefficient (Wildman–Crippen LogP) is 2.75. The highest BCUT2D eigenvalue weighted by atomic mass is 35.5. The number of nitro groups is 1. The minimum absolute atomic E-state index is 0. The maximum absolute atomic E-state index is 11.9. The number of benzene rings is 1. The molecule has 0 fully saturated rings. The molecule has 0 aliphatic rings. The quantitative estimate of drug-likeness (QED) is 0.469. The number of hydrogen-bond acceptors (Lipinski definition) is 6. The summed E-state index contributed by atoms with van der Waals surface area (Å²) in [6, 6.07) is 4.80. The largest absolute Gasteiger partial charge is 0.490 e. The van der Waals surface area contributed by atoms with E-state index in [1.807, 2.05) is 0 Å². The third-order valence-electron chi connectivity index (χ3n) is 3.35. The summed E-state index contributed by atoms with van der Waals surface area (Å²) in [7, 11) is 1.39. The van der Waals surface area contributed by atoms with Gasteiger partial charge < -0.3 is 15.8 Å². The molecule has 0 aromatic heterocycles. The van der Waals surface area contributed by atoms with Gasteiger partial charge in [-0.15, -0.1) is 24.2 Å². The molecule has 3 N–H and O–H groups in total. The van der Waals surface area contributed by atoms with Crippen molar-refractivity contribution in [1.29, 1.82) is 0 Å². The Morgan fingerprint density at radius 2 is 2.12 bits per heavy atom. The molecule has 1 unspecified atom stereocenters. The lowest BCUT2D eigenvalue weighted by molar-refractivity contribution is -0.385. The SMILES string of the molecule is COc1ccc(CSCC(=O)NC(CN)CC(C)C)cc1[N+](=O)[O-].Cl. The highest BCUT2D eigenvalue weighted by Crippen LogP contribution is 2.28. The van der Waals surface area contributed by atoms with Gasteiger partial charge in [-0.1, -0.05) is 19.9 Å². The van der Waals surface area contributed by atoms with Crippen LogP contribution in [0.3, 0.4) is 0 Å². The van der Waals surface area contributed by atoms with E-state index in [0.29, 0.717) is 18.2 Å². The molecule has 1 rings (SSSR count). The fourth-order valence-corrected chi connectivity index (χ4v) is 3.07. The van der Waals surface area contributed by atoms with Crippen molar-refractivity contribution in [1.82, 2.24) is 5.32 Å². The van der Waals surface area contributed by atoms with E-state index in [4.69, 9.17) is 10.5 Å². The number of nitrogens with zero attached hydrogens (tertiary/aromatic N) is 1. The van der Waals surface area contributed by atoms with Gasteiger partial charge in [-0.3, -0.25) is 14.9 Å². The van der Waals surface area contributed by atoms with E-state index in [2.05, 4.69) is 19.2 Å². The van der Waals surface area contributed by atoms with Gasteiger partial charge >= 0.3 is 5.69 Å². The van der Waals surface area contributed by atoms with Gasteiger partial charge in [0.2, 0.25) is 5.91 Å². The molecule has 0 saturated carbocycles. The lowest BCUT2D eigenvalue weighted by atomic mass is 10.0. The number of thioether (sulfide) groups is 1. The molecule has 9 heteroatoms. The highest BCUT2D eigenvalue weighted by molar-refractivity contribution is 7.99. The number of nitro benzene ring substituents is 1. The molecule has 1 aromatic carbocycles. The zero-order chi connectivity index (χ0) is 18.1. The highest BCUT2D eigenvalue weighted by Gasteiger charge is 2.16. The van der Waals surface area contributed by atoms with E-state index in [1.165, 1.54) is 24.9 Å². The van der Waals surface area contributed by atoms with E-state index in [-0.39, 0.29) is 41.5 Å². The second-order valence-corrected chi connectivity index (χ2v) is 6.87. The number of rotatable bonds is 10. The summed E-state index contributed by atoms with van der Waals surface area (Å²) in [4.78, 5) is 22.5. The molecule has 7 nitrogen and oxygen atoms in total. The molecule has 1 aromatic rings. The second kappa shape index (κ2) is 11.9. The lowest BCUT2D eigenvalue weighted by Gasteiger charge is -2.18. The Labute approximate surface area is 158 Å². The number of hydrogen-bond donors (Lipinski definition) is 2. The Balaban J connectivity index is 0.00000576. The molecule has 0 aliphatic heterocycles. The minimum atomic E-state index is -0.475. The normalized spacial score (nSPS) is 11.6. The first-order valence-corrected chi connectivity index (χ1v) is 8.91. The van der Waals surface area contributed by atoms with Gasteiger partial charge in [0.25, 0.3) is 0 Å². The number of carbonyl (C=O) groups is 1. The van der Waals surface area contributed by atoms with Crippen LogP contribution in [0.5, 0.6) is 5.75 Å². The molecule has 142 valence electrons. The van der Waals surface area contributed by atoms with E-state index < -0.39 is 4.92 Å². The zero-order valence-corrected chi connectivity index (χ0v) is 16.3. The van der Waals surface area contributed by atoms with Crippen molar-refractivity contribution in [2.75, 3.05) is 19.4 Å². The topological polar surface area (TPSA) is 107 Å². The van der Waals surface area contributed by atoms with Gasteiger partial charge in [0.1, 0.15) is 0 Å². The second-order valence-electron chi connectivity index (χ2n) is 5.89. The molecule has 0 spiro atoms. The van der Waals surface area contributed by atoms with Crippen molar-refractivity contribution in [3.63, 3.8) is 0 Å². The summed E-state index contributed by atoms with van der Waals surface area (Å²) in [5, 5.41) is 13.9. The lowest BCUT2D eigenvalue weighted by Crippen LogP contribution is -2.41. The maximum Gasteiger partial charge on any atom is 0.311 e. The molecule has 1 amide bonds. The molecular weight excluding hydrogens is 366 g/mol. The van der Waals surface area contributed by atoms with Gasteiger partial charge in [0, 0.05) is 24.4 Å². The number of methoxy groups -OCH3 is 1. The van der Waals surface area contributed by atoms with Crippen LogP contribution in [0.15, 0.2) is 18.2 Å². The molecule has 0 radical (unpaired) electrons. The average Bonchev–Trinajstić information content (AvgIpc) is 2.53. The number of amides is 1. The van der Waals surface area contributed by atoms with Crippen LogP contribution in [0.2, 0.25) is 0 Å². The Morgan fingerprint density at radius 3 is 2.64 bits per heavy atom. The Bertz CT molecular complexity index is 572. The van der Waals surface area contributed by atoms with Crippen LogP contribution in [-0.2, 0) is 10.5 Å². The van der Waals surface area contributed by atoms with E-state index in [0.717, 1.165) is 12.0 Å². The third kappa shape index (κ3) is 8.42. The predicted molar refractivity (Wildman–Crippen MR) is 103 cm³/mol. The van der Waals surface area contributed by atoms with Crippen LogP contribution in [0.25, 0.3) is 0 Å². The van der Waals surface area contributed by atoms with Crippen molar-refractivity contribution >= 4 is 35.8 Å². The fourth-order valence-electron chi connectivity index (χ4n) is 2.28.